The van der Waals surface area contributed by atoms with E-state index in [1.165, 1.54) is 0 Å². The van der Waals surface area contributed by atoms with E-state index in [4.69, 9.17) is 9.60 Å². The summed E-state index contributed by atoms with van der Waals surface area (Å²) in [6.45, 7) is 0. The summed E-state index contributed by atoms with van der Waals surface area (Å²) in [6, 6.07) is -2.67. The first kappa shape index (κ1) is 3.00. The summed E-state index contributed by atoms with van der Waals surface area (Å²) in [7, 11) is 0. The van der Waals surface area contributed by atoms with E-state index in [0.717, 1.165) is 4.68 Å². The van der Waals surface area contributed by atoms with Crippen molar-refractivity contribution >= 4 is 15.9 Å². The van der Waals surface area contributed by atoms with E-state index < -0.39 is 30.2 Å². The highest BCUT2D eigenvalue weighted by atomic mass is 79.9. The Balaban J connectivity index is 2.87. The van der Waals surface area contributed by atoms with Crippen LogP contribution >= 0.6 is 15.9 Å². The summed E-state index contributed by atoms with van der Waals surface area (Å²) < 4.78 is 54.2. The highest BCUT2D eigenvalue weighted by Crippen LogP contribution is 2.09. The van der Waals surface area contributed by atoms with Crippen molar-refractivity contribution in [2.45, 2.75) is 0 Å². The molecule has 1 heterocycles. The Labute approximate surface area is 88.8 Å². The highest BCUT2D eigenvalue weighted by molar-refractivity contribution is 9.10. The molecule has 0 bridgehead atoms. The smallest absolute Gasteiger partial charge is 0.128 e. The largest absolute Gasteiger partial charge is 0.240 e. The van der Waals surface area contributed by atoms with Gasteiger partial charge in [0, 0.05) is 6.17 Å². The van der Waals surface area contributed by atoms with Crippen LogP contribution in [0.15, 0.2) is 47.0 Å². The van der Waals surface area contributed by atoms with E-state index in [-0.39, 0.29) is 22.5 Å². The number of halogens is 1. The molecule has 2 aromatic rings. The third kappa shape index (κ3) is 1.41. The van der Waals surface area contributed by atoms with Crippen LogP contribution in [0.4, 0.5) is 0 Å². The summed E-state index contributed by atoms with van der Waals surface area (Å²) in [5.74, 6) is 0. The van der Waals surface area contributed by atoms with Crippen molar-refractivity contribution in [2.24, 2.45) is 0 Å². The zero-order valence-corrected chi connectivity index (χ0v) is 7.36. The number of rotatable bonds is 1. The van der Waals surface area contributed by atoms with Gasteiger partial charge >= 0.3 is 0 Å². The summed E-state index contributed by atoms with van der Waals surface area (Å²) in [5.41, 5.74) is -0.241. The van der Waals surface area contributed by atoms with Crippen molar-refractivity contribution in [3.05, 3.63) is 47.0 Å². The molecule has 0 atom stereocenters. The van der Waals surface area contributed by atoms with Crippen molar-refractivity contribution < 1.29 is 9.60 Å². The third-order valence-corrected chi connectivity index (χ3v) is 1.51. The fourth-order valence-electron chi connectivity index (χ4n) is 0.692. The first-order valence-corrected chi connectivity index (χ1v) is 3.85. The monoisotopic (exact) mass is 229 g/mol. The van der Waals surface area contributed by atoms with Crippen LogP contribution in [0.3, 0.4) is 0 Å². The lowest BCUT2D eigenvalue weighted by atomic mass is 10.3. The maximum atomic E-state index is 7.76. The van der Waals surface area contributed by atoms with Crippen LogP contribution in [0.5, 0.6) is 0 Å². The maximum absolute atomic E-state index is 7.76. The van der Waals surface area contributed by atoms with Crippen molar-refractivity contribution in [2.75, 3.05) is 0 Å². The molecule has 0 aliphatic carbocycles. The second-order valence-electron chi connectivity index (χ2n) is 1.91. The topological polar surface area (TPSA) is 17.8 Å². The predicted molar refractivity (Wildman–Crippen MR) is 51.3 cm³/mol. The Morgan fingerprint density at radius 1 is 1.25 bits per heavy atom. The standard InChI is InChI=1S/C9H7BrN2/c10-9-6-7-12(11-9)8-4-2-1-3-5-8/h1-7H/i1D,2D,3D,4D,5D,6D,7D. The molecule has 0 radical (unpaired) electrons. The quantitative estimate of drug-likeness (QED) is 0.736. The molecule has 0 aliphatic rings. The molecular weight excluding hydrogens is 216 g/mol. The van der Waals surface area contributed by atoms with Gasteiger partial charge in [0.15, 0.2) is 0 Å². The summed E-state index contributed by atoms with van der Waals surface area (Å²) in [5, 5.41) is 3.80. The van der Waals surface area contributed by atoms with Gasteiger partial charge in [-0.05, 0) is 34.1 Å². The molecule has 0 aliphatic heterocycles. The molecule has 1 aromatic heterocycles. The van der Waals surface area contributed by atoms with E-state index in [0.29, 0.717) is 0 Å². The average molecular weight is 230 g/mol. The Morgan fingerprint density at radius 2 is 2.00 bits per heavy atom. The van der Waals surface area contributed by atoms with Crippen LogP contribution in [0.2, 0.25) is 0 Å². The molecule has 0 N–H and O–H groups in total. The number of benzene rings is 1. The summed E-state index contributed by atoms with van der Waals surface area (Å²) in [4.78, 5) is 0. The number of hydrogen-bond donors (Lipinski definition) is 0. The summed E-state index contributed by atoms with van der Waals surface area (Å²) in [6.07, 6.45) is -0.356. The molecule has 2 nitrogen and oxygen atoms in total. The molecule has 0 saturated carbocycles. The van der Waals surface area contributed by atoms with E-state index in [1.54, 1.807) is 0 Å². The molecular formula is C9H7BrN2. The van der Waals surface area contributed by atoms with Gasteiger partial charge in [0.05, 0.1) is 15.3 Å². The lowest BCUT2D eigenvalue weighted by Crippen LogP contribution is -1.92. The van der Waals surface area contributed by atoms with Gasteiger partial charge in [-0.2, -0.15) is 5.10 Å². The summed E-state index contributed by atoms with van der Waals surface area (Å²) >= 11 is 2.97. The van der Waals surface area contributed by atoms with Crippen molar-refractivity contribution in [1.29, 1.82) is 0 Å². The molecule has 1 aromatic carbocycles. The van der Waals surface area contributed by atoms with E-state index in [9.17, 15) is 0 Å². The fourth-order valence-corrected chi connectivity index (χ4v) is 0.939. The number of hydrogen-bond acceptors (Lipinski definition) is 1. The first-order chi connectivity index (χ1) is 8.77. The van der Waals surface area contributed by atoms with Crippen molar-refractivity contribution in [3.8, 4) is 5.69 Å². The van der Waals surface area contributed by atoms with Crippen molar-refractivity contribution in [1.82, 2.24) is 9.78 Å². The van der Waals surface area contributed by atoms with Crippen LogP contribution in [0.1, 0.15) is 9.60 Å². The average Bonchev–Trinajstić information content (AvgIpc) is 2.62. The predicted octanol–water partition coefficient (Wildman–Crippen LogP) is 2.63. The van der Waals surface area contributed by atoms with Crippen LogP contribution in [-0.2, 0) is 0 Å². The van der Waals surface area contributed by atoms with Gasteiger partial charge in [-0.25, -0.2) is 4.68 Å². The van der Waals surface area contributed by atoms with Gasteiger partial charge in [-0.3, -0.25) is 0 Å². The van der Waals surface area contributed by atoms with Gasteiger partial charge < -0.3 is 0 Å². The molecule has 0 saturated heterocycles. The second-order valence-corrected chi connectivity index (χ2v) is 2.66. The highest BCUT2D eigenvalue weighted by Gasteiger charge is 1.95. The van der Waals surface area contributed by atoms with E-state index in [2.05, 4.69) is 21.0 Å². The van der Waals surface area contributed by atoms with Gasteiger partial charge in [0.25, 0.3) is 0 Å². The Bertz CT molecular complexity index is 653. The van der Waals surface area contributed by atoms with Crippen LogP contribution in [0.25, 0.3) is 5.69 Å². The molecule has 0 amide bonds. The number of aromatic nitrogens is 2. The molecule has 60 valence electrons. The van der Waals surface area contributed by atoms with Gasteiger partial charge in [-0.15, -0.1) is 0 Å². The Kier molecular flexibility index (Phi) is 0.776. The molecule has 2 rings (SSSR count). The Hall–Kier alpha value is -1.09. The SMILES string of the molecule is [2H]c1c([2H])c([2H])c(-n2nc(Br)c([2H])c2[2H])c([2H])c1[2H]. The van der Waals surface area contributed by atoms with Gasteiger partial charge in [0.1, 0.15) is 4.60 Å². The molecule has 3 heteroatoms. The number of para-hydroxylation sites is 1. The third-order valence-electron chi connectivity index (χ3n) is 1.15. The lowest BCUT2D eigenvalue weighted by Gasteiger charge is -1.98. The normalized spacial score (nSPS) is 18.2. The Morgan fingerprint density at radius 3 is 2.58 bits per heavy atom. The van der Waals surface area contributed by atoms with Gasteiger partial charge in [0.2, 0.25) is 0 Å². The molecule has 0 spiro atoms. The zero-order chi connectivity index (χ0) is 14.5. The lowest BCUT2D eigenvalue weighted by molar-refractivity contribution is 0.870. The van der Waals surface area contributed by atoms with Crippen molar-refractivity contribution in [3.63, 3.8) is 0 Å². The zero-order valence-electron chi connectivity index (χ0n) is 12.8. The van der Waals surface area contributed by atoms with Crippen LogP contribution < -0.4 is 0 Å². The molecule has 0 fully saturated rings. The molecule has 12 heavy (non-hydrogen) atoms. The minimum Gasteiger partial charge on any atom is -0.240 e. The maximum Gasteiger partial charge on any atom is 0.128 e. The number of nitrogens with zero attached hydrogens (tertiary/aromatic N) is 2. The minimum atomic E-state index is -0.511. The second kappa shape index (κ2) is 3.11. The fraction of sp³-hybridized carbons (Fsp3) is 0. The minimum absolute atomic E-state index is 0.0734. The van der Waals surface area contributed by atoms with Gasteiger partial charge in [-0.1, -0.05) is 18.1 Å². The van der Waals surface area contributed by atoms with E-state index in [1.807, 2.05) is 0 Å². The molecule has 0 unspecified atom stereocenters. The van der Waals surface area contributed by atoms with E-state index >= 15 is 0 Å². The van der Waals surface area contributed by atoms with Crippen LogP contribution in [-0.4, -0.2) is 9.78 Å². The van der Waals surface area contributed by atoms with Crippen LogP contribution in [0, 0.1) is 0 Å². The first-order valence-electron chi connectivity index (χ1n) is 6.56.